The van der Waals surface area contributed by atoms with Gasteiger partial charge in [-0.2, -0.15) is 0 Å². The lowest BCUT2D eigenvalue weighted by Gasteiger charge is -2.15. The fourth-order valence-electron chi connectivity index (χ4n) is 2.50. The van der Waals surface area contributed by atoms with Gasteiger partial charge in [0.1, 0.15) is 5.75 Å². The summed E-state index contributed by atoms with van der Waals surface area (Å²) in [6.07, 6.45) is 1.72. The Morgan fingerprint density at radius 1 is 1.18 bits per heavy atom. The summed E-state index contributed by atoms with van der Waals surface area (Å²) in [4.78, 5) is 4.25. The molecule has 1 heterocycles. The second kappa shape index (κ2) is 13.4. The van der Waals surface area contributed by atoms with E-state index in [-0.39, 0.29) is 24.0 Å². The number of aliphatic imine (C=N–C) groups is 1. The van der Waals surface area contributed by atoms with Crippen molar-refractivity contribution in [3.05, 3.63) is 46.8 Å². The van der Waals surface area contributed by atoms with Gasteiger partial charge in [0.05, 0.1) is 18.8 Å². The number of hydrogen-bond donors (Lipinski definition) is 2. The average Bonchev–Trinajstić information content (AvgIpc) is 3.14. The average molecular weight is 502 g/mol. The van der Waals surface area contributed by atoms with Crippen LogP contribution in [0.4, 0.5) is 0 Å². The Balaban J connectivity index is 0.00000392. The minimum Gasteiger partial charge on any atom is -0.493 e. The third-order valence-electron chi connectivity index (χ3n) is 4.04. The van der Waals surface area contributed by atoms with Gasteiger partial charge in [0.25, 0.3) is 0 Å². The van der Waals surface area contributed by atoms with E-state index in [1.165, 1.54) is 5.56 Å². The molecule has 0 aliphatic carbocycles. The van der Waals surface area contributed by atoms with Crippen LogP contribution in [-0.2, 0) is 24.2 Å². The van der Waals surface area contributed by atoms with E-state index in [2.05, 4.69) is 45.9 Å². The van der Waals surface area contributed by atoms with Gasteiger partial charge in [-0.15, -0.1) is 24.0 Å². The first-order valence-electron chi connectivity index (χ1n) is 9.26. The molecule has 2 rings (SSSR count). The quantitative estimate of drug-likeness (QED) is 0.224. The van der Waals surface area contributed by atoms with Crippen LogP contribution >= 0.6 is 24.0 Å². The van der Waals surface area contributed by atoms with Crippen molar-refractivity contribution in [1.29, 1.82) is 0 Å². The standard InChI is InChI=1S/C20H30N4O3.HI/c1-5-17-12-18(27-24-17)14-23-20(21-3)22-13-16-8-7-15(2)11-19(16)26-10-6-9-25-4;/h7-8,11-12H,5-6,9-10,13-14H2,1-4H3,(H2,21,22,23);1H. The number of methoxy groups -OCH3 is 1. The van der Waals surface area contributed by atoms with Crippen LogP contribution in [0.2, 0.25) is 0 Å². The molecule has 0 spiro atoms. The zero-order chi connectivity index (χ0) is 19.5. The summed E-state index contributed by atoms with van der Waals surface area (Å²) in [6, 6.07) is 8.16. The Hall–Kier alpha value is -1.81. The number of rotatable bonds is 10. The van der Waals surface area contributed by atoms with Crippen LogP contribution < -0.4 is 15.4 Å². The molecule has 0 unspecified atom stereocenters. The number of aromatic nitrogens is 1. The van der Waals surface area contributed by atoms with Crippen molar-refractivity contribution >= 4 is 29.9 Å². The molecular weight excluding hydrogens is 471 g/mol. The highest BCUT2D eigenvalue weighted by Crippen LogP contribution is 2.20. The van der Waals surface area contributed by atoms with Gasteiger partial charge in [-0.25, -0.2) is 0 Å². The van der Waals surface area contributed by atoms with E-state index in [0.29, 0.717) is 32.3 Å². The Kier molecular flexibility index (Phi) is 11.6. The molecule has 0 saturated heterocycles. The van der Waals surface area contributed by atoms with E-state index in [9.17, 15) is 0 Å². The van der Waals surface area contributed by atoms with Crippen molar-refractivity contribution in [3.63, 3.8) is 0 Å². The molecule has 2 N–H and O–H groups in total. The molecule has 1 aromatic heterocycles. The largest absolute Gasteiger partial charge is 0.493 e. The topological polar surface area (TPSA) is 80.9 Å². The third-order valence-corrected chi connectivity index (χ3v) is 4.04. The van der Waals surface area contributed by atoms with Crippen molar-refractivity contribution in [3.8, 4) is 5.75 Å². The Labute approximate surface area is 184 Å². The van der Waals surface area contributed by atoms with Gasteiger partial charge >= 0.3 is 0 Å². The summed E-state index contributed by atoms with van der Waals surface area (Å²) in [5.41, 5.74) is 3.19. The first-order chi connectivity index (χ1) is 13.2. The van der Waals surface area contributed by atoms with Crippen LogP contribution in [-0.4, -0.2) is 38.5 Å². The highest BCUT2D eigenvalue weighted by Gasteiger charge is 2.07. The minimum atomic E-state index is 0. The molecule has 0 radical (unpaired) electrons. The second-order valence-corrected chi connectivity index (χ2v) is 6.22. The Bertz CT molecular complexity index is 734. The minimum absolute atomic E-state index is 0. The third kappa shape index (κ3) is 8.05. The predicted molar refractivity (Wildman–Crippen MR) is 122 cm³/mol. The van der Waals surface area contributed by atoms with Gasteiger partial charge < -0.3 is 24.6 Å². The lowest BCUT2D eigenvalue weighted by molar-refractivity contribution is 0.171. The molecule has 0 aliphatic heterocycles. The van der Waals surface area contributed by atoms with E-state index in [1.54, 1.807) is 14.2 Å². The molecule has 156 valence electrons. The van der Waals surface area contributed by atoms with Crippen molar-refractivity contribution < 1.29 is 14.0 Å². The molecule has 0 bridgehead atoms. The van der Waals surface area contributed by atoms with Crippen molar-refractivity contribution in [2.24, 2.45) is 4.99 Å². The smallest absolute Gasteiger partial charge is 0.191 e. The molecule has 2 aromatic rings. The zero-order valence-electron chi connectivity index (χ0n) is 17.1. The van der Waals surface area contributed by atoms with E-state index >= 15 is 0 Å². The van der Waals surface area contributed by atoms with Gasteiger partial charge in [-0.1, -0.05) is 24.2 Å². The zero-order valence-corrected chi connectivity index (χ0v) is 19.4. The molecule has 0 atom stereocenters. The summed E-state index contributed by atoms with van der Waals surface area (Å²) in [5, 5.41) is 10.5. The first-order valence-corrected chi connectivity index (χ1v) is 9.26. The summed E-state index contributed by atoms with van der Waals surface area (Å²) >= 11 is 0. The lowest BCUT2D eigenvalue weighted by atomic mass is 10.1. The summed E-state index contributed by atoms with van der Waals surface area (Å²) in [6.45, 7) is 6.56. The molecule has 8 heteroatoms. The molecule has 28 heavy (non-hydrogen) atoms. The van der Waals surface area contributed by atoms with Crippen LogP contribution in [0.15, 0.2) is 33.8 Å². The first kappa shape index (κ1) is 24.2. The van der Waals surface area contributed by atoms with Gasteiger partial charge in [-0.3, -0.25) is 4.99 Å². The van der Waals surface area contributed by atoms with Crippen LogP contribution in [0.5, 0.6) is 5.75 Å². The summed E-state index contributed by atoms with van der Waals surface area (Å²) in [5.74, 6) is 2.36. The number of ether oxygens (including phenoxy) is 2. The summed E-state index contributed by atoms with van der Waals surface area (Å²) in [7, 11) is 3.44. The van der Waals surface area contributed by atoms with Crippen LogP contribution in [0.1, 0.15) is 35.9 Å². The SMILES string of the molecule is CCc1cc(CNC(=NC)NCc2ccc(C)cc2OCCCOC)on1.I. The fourth-order valence-corrected chi connectivity index (χ4v) is 2.50. The van der Waals surface area contributed by atoms with Gasteiger partial charge in [0, 0.05) is 45.4 Å². The normalized spacial score (nSPS) is 11.1. The number of halogens is 1. The molecule has 0 saturated carbocycles. The number of nitrogens with zero attached hydrogens (tertiary/aromatic N) is 2. The maximum Gasteiger partial charge on any atom is 0.191 e. The summed E-state index contributed by atoms with van der Waals surface area (Å²) < 4.78 is 16.3. The maximum atomic E-state index is 5.93. The molecule has 7 nitrogen and oxygen atoms in total. The molecule has 0 fully saturated rings. The van der Waals surface area contributed by atoms with Crippen LogP contribution in [0.25, 0.3) is 0 Å². The van der Waals surface area contributed by atoms with Crippen molar-refractivity contribution in [1.82, 2.24) is 15.8 Å². The number of nitrogens with one attached hydrogen (secondary N) is 2. The number of guanidine groups is 1. The van der Waals surface area contributed by atoms with E-state index in [0.717, 1.165) is 35.6 Å². The van der Waals surface area contributed by atoms with E-state index in [1.807, 2.05) is 13.0 Å². The van der Waals surface area contributed by atoms with Crippen LogP contribution in [0, 0.1) is 6.92 Å². The molecule has 0 amide bonds. The van der Waals surface area contributed by atoms with Crippen molar-refractivity contribution in [2.45, 2.75) is 39.8 Å². The van der Waals surface area contributed by atoms with Crippen LogP contribution in [0.3, 0.4) is 0 Å². The lowest BCUT2D eigenvalue weighted by Crippen LogP contribution is -2.36. The Morgan fingerprint density at radius 3 is 2.64 bits per heavy atom. The number of benzene rings is 1. The van der Waals surface area contributed by atoms with E-state index in [4.69, 9.17) is 14.0 Å². The fraction of sp³-hybridized carbons (Fsp3) is 0.500. The molecule has 1 aromatic carbocycles. The molecule has 0 aliphatic rings. The highest BCUT2D eigenvalue weighted by atomic mass is 127. The molecular formula is C20H31IN4O3. The van der Waals surface area contributed by atoms with Gasteiger partial charge in [0.15, 0.2) is 11.7 Å². The van der Waals surface area contributed by atoms with Crippen molar-refractivity contribution in [2.75, 3.05) is 27.4 Å². The maximum absolute atomic E-state index is 5.93. The van der Waals surface area contributed by atoms with Gasteiger partial charge in [0.2, 0.25) is 0 Å². The number of aryl methyl sites for hydroxylation is 2. The van der Waals surface area contributed by atoms with E-state index < -0.39 is 0 Å². The monoisotopic (exact) mass is 502 g/mol. The second-order valence-electron chi connectivity index (χ2n) is 6.22. The predicted octanol–water partition coefficient (Wildman–Crippen LogP) is 3.44. The number of hydrogen-bond acceptors (Lipinski definition) is 5. The Morgan fingerprint density at radius 2 is 1.96 bits per heavy atom. The van der Waals surface area contributed by atoms with Gasteiger partial charge in [-0.05, 0) is 25.0 Å². The highest BCUT2D eigenvalue weighted by molar-refractivity contribution is 14.0.